The highest BCUT2D eigenvalue weighted by Gasteiger charge is 2.34. The maximum atomic E-state index is 9.66. The summed E-state index contributed by atoms with van der Waals surface area (Å²) in [7, 11) is 1.96. The lowest BCUT2D eigenvalue weighted by Crippen LogP contribution is -2.35. The molecule has 2 saturated heterocycles. The average molecular weight is 278 g/mol. The van der Waals surface area contributed by atoms with Gasteiger partial charge in [0.1, 0.15) is 0 Å². The fourth-order valence-corrected chi connectivity index (χ4v) is 3.73. The van der Waals surface area contributed by atoms with Crippen LogP contribution in [0.5, 0.6) is 0 Å². The highest BCUT2D eigenvalue weighted by atomic mass is 16.3. The van der Waals surface area contributed by atoms with Crippen LogP contribution in [0.3, 0.4) is 0 Å². The molecule has 3 rings (SSSR count). The number of hydrogen-bond donors (Lipinski definition) is 2. The quantitative estimate of drug-likeness (QED) is 0.838. The Labute approximate surface area is 121 Å². The van der Waals surface area contributed by atoms with E-state index in [2.05, 4.69) is 21.5 Å². The number of aliphatic hydroxyl groups excluding tert-OH is 1. The molecule has 5 heteroatoms. The Hall–Kier alpha value is -0.910. The van der Waals surface area contributed by atoms with Gasteiger partial charge in [-0.3, -0.25) is 4.68 Å². The summed E-state index contributed by atoms with van der Waals surface area (Å²) < 4.78 is 1.86. The lowest BCUT2D eigenvalue weighted by Gasteiger charge is -2.27. The van der Waals surface area contributed by atoms with Crippen molar-refractivity contribution in [2.75, 3.05) is 39.3 Å². The van der Waals surface area contributed by atoms with Crippen LogP contribution in [-0.2, 0) is 7.05 Å². The highest BCUT2D eigenvalue weighted by molar-refractivity contribution is 5.16. The second kappa shape index (κ2) is 6.24. The van der Waals surface area contributed by atoms with Gasteiger partial charge in [-0.1, -0.05) is 0 Å². The largest absolute Gasteiger partial charge is 0.396 e. The second-order valence-corrected chi connectivity index (χ2v) is 6.41. The molecule has 2 atom stereocenters. The van der Waals surface area contributed by atoms with Crippen molar-refractivity contribution in [1.29, 1.82) is 0 Å². The summed E-state index contributed by atoms with van der Waals surface area (Å²) in [5.74, 6) is 1.62. The fraction of sp³-hybridized carbons (Fsp3) is 0.800. The van der Waals surface area contributed by atoms with Gasteiger partial charge in [0.05, 0.1) is 6.20 Å². The van der Waals surface area contributed by atoms with Crippen LogP contribution in [0.25, 0.3) is 0 Å². The van der Waals surface area contributed by atoms with Crippen molar-refractivity contribution in [2.24, 2.45) is 18.9 Å². The lowest BCUT2D eigenvalue weighted by atomic mass is 9.92. The van der Waals surface area contributed by atoms with Crippen molar-refractivity contribution in [3.63, 3.8) is 0 Å². The van der Waals surface area contributed by atoms with E-state index >= 15 is 0 Å². The molecule has 0 unspecified atom stereocenters. The van der Waals surface area contributed by atoms with E-state index in [9.17, 15) is 5.11 Å². The van der Waals surface area contributed by atoms with Gasteiger partial charge in [0.25, 0.3) is 0 Å². The Kier molecular flexibility index (Phi) is 4.38. The van der Waals surface area contributed by atoms with E-state index in [0.29, 0.717) is 11.8 Å². The van der Waals surface area contributed by atoms with Gasteiger partial charge in [-0.15, -0.1) is 0 Å². The second-order valence-electron chi connectivity index (χ2n) is 6.41. The van der Waals surface area contributed by atoms with E-state index in [1.807, 2.05) is 17.9 Å². The molecule has 1 aromatic heterocycles. The Morgan fingerprint density at radius 2 is 2.15 bits per heavy atom. The van der Waals surface area contributed by atoms with Gasteiger partial charge in [-0.25, -0.2) is 0 Å². The zero-order valence-electron chi connectivity index (χ0n) is 12.3. The van der Waals surface area contributed by atoms with E-state index in [0.717, 1.165) is 32.1 Å². The zero-order valence-corrected chi connectivity index (χ0v) is 12.3. The topological polar surface area (TPSA) is 53.3 Å². The summed E-state index contributed by atoms with van der Waals surface area (Å²) in [5.41, 5.74) is 1.28. The number of hydrogen-bond acceptors (Lipinski definition) is 4. The molecule has 2 aliphatic heterocycles. The van der Waals surface area contributed by atoms with Crippen LogP contribution in [-0.4, -0.2) is 59.1 Å². The molecule has 1 aromatic rings. The molecule has 2 N–H and O–H groups in total. The van der Waals surface area contributed by atoms with Crippen LogP contribution in [0.4, 0.5) is 0 Å². The maximum Gasteiger partial charge on any atom is 0.0525 e. The molecule has 0 aliphatic carbocycles. The molecule has 0 spiro atoms. The monoisotopic (exact) mass is 278 g/mol. The van der Waals surface area contributed by atoms with Crippen LogP contribution < -0.4 is 5.32 Å². The first-order valence-corrected chi connectivity index (χ1v) is 7.78. The molecule has 20 heavy (non-hydrogen) atoms. The van der Waals surface area contributed by atoms with E-state index in [-0.39, 0.29) is 6.61 Å². The van der Waals surface area contributed by atoms with Crippen molar-refractivity contribution in [3.8, 4) is 0 Å². The summed E-state index contributed by atoms with van der Waals surface area (Å²) in [6.07, 6.45) is 6.64. The van der Waals surface area contributed by atoms with Crippen molar-refractivity contribution >= 4 is 0 Å². The SMILES string of the molecule is Cn1cc([C@@H]2CN(CC3CCNCC3)C[C@H]2CO)cn1. The fourth-order valence-electron chi connectivity index (χ4n) is 3.73. The third-order valence-electron chi connectivity index (χ3n) is 4.88. The van der Waals surface area contributed by atoms with Crippen molar-refractivity contribution in [2.45, 2.75) is 18.8 Å². The molecular weight excluding hydrogens is 252 g/mol. The molecule has 0 amide bonds. The van der Waals surface area contributed by atoms with Crippen molar-refractivity contribution < 1.29 is 5.11 Å². The lowest BCUT2D eigenvalue weighted by molar-refractivity contribution is 0.200. The summed E-state index contributed by atoms with van der Waals surface area (Å²) in [6.45, 7) is 5.89. The minimum absolute atomic E-state index is 0.280. The highest BCUT2D eigenvalue weighted by Crippen LogP contribution is 2.33. The van der Waals surface area contributed by atoms with Gasteiger partial charge in [-0.05, 0) is 37.4 Å². The Bertz CT molecular complexity index is 427. The van der Waals surface area contributed by atoms with Crippen LogP contribution in [0.15, 0.2) is 12.4 Å². The number of rotatable bonds is 4. The number of nitrogens with one attached hydrogen (secondary N) is 1. The first-order chi connectivity index (χ1) is 9.76. The third kappa shape index (κ3) is 3.05. The van der Waals surface area contributed by atoms with Crippen LogP contribution in [0.2, 0.25) is 0 Å². The number of aromatic nitrogens is 2. The number of likely N-dealkylation sites (tertiary alicyclic amines) is 1. The summed E-state index contributed by atoms with van der Waals surface area (Å²) in [6, 6.07) is 0. The van der Waals surface area contributed by atoms with Crippen LogP contribution >= 0.6 is 0 Å². The molecule has 5 nitrogen and oxygen atoms in total. The smallest absolute Gasteiger partial charge is 0.0525 e. The van der Waals surface area contributed by atoms with Crippen LogP contribution in [0, 0.1) is 11.8 Å². The first-order valence-electron chi connectivity index (χ1n) is 7.78. The van der Waals surface area contributed by atoms with Crippen LogP contribution in [0.1, 0.15) is 24.3 Å². The number of aryl methyl sites for hydroxylation is 1. The maximum absolute atomic E-state index is 9.66. The molecular formula is C15H26N4O. The van der Waals surface area contributed by atoms with E-state index in [4.69, 9.17) is 0 Å². The van der Waals surface area contributed by atoms with Crippen molar-refractivity contribution in [3.05, 3.63) is 18.0 Å². The molecule has 112 valence electrons. The Balaban J connectivity index is 1.61. The van der Waals surface area contributed by atoms with Gasteiger partial charge >= 0.3 is 0 Å². The number of piperidine rings is 1. The molecule has 2 fully saturated rings. The molecule has 0 bridgehead atoms. The van der Waals surface area contributed by atoms with Gasteiger partial charge in [-0.2, -0.15) is 5.10 Å². The normalized spacial score (nSPS) is 29.1. The molecule has 2 aliphatic rings. The zero-order chi connectivity index (χ0) is 13.9. The van der Waals surface area contributed by atoms with E-state index in [1.54, 1.807) is 0 Å². The molecule has 0 radical (unpaired) electrons. The summed E-state index contributed by atoms with van der Waals surface area (Å²) in [4.78, 5) is 2.55. The molecule has 0 aromatic carbocycles. The Morgan fingerprint density at radius 1 is 1.35 bits per heavy atom. The predicted octanol–water partition coefficient (Wildman–Crippen LogP) is 0.427. The van der Waals surface area contributed by atoms with Gasteiger partial charge < -0.3 is 15.3 Å². The van der Waals surface area contributed by atoms with Gasteiger partial charge in [0.15, 0.2) is 0 Å². The predicted molar refractivity (Wildman–Crippen MR) is 78.6 cm³/mol. The third-order valence-corrected chi connectivity index (χ3v) is 4.88. The van der Waals surface area contributed by atoms with Gasteiger partial charge in [0, 0.05) is 51.3 Å². The summed E-state index contributed by atoms with van der Waals surface area (Å²) >= 11 is 0. The molecule has 3 heterocycles. The molecule has 0 saturated carbocycles. The average Bonchev–Trinajstić information content (AvgIpc) is 3.06. The van der Waals surface area contributed by atoms with E-state index < -0.39 is 0 Å². The standard InChI is InChI=1S/C15H26N4O/c1-18-8-13(6-17-18)15-10-19(9-14(15)11-20)7-12-2-4-16-5-3-12/h6,8,12,14-16,20H,2-5,7,9-11H2,1H3/t14-,15-/m0/s1. The minimum Gasteiger partial charge on any atom is -0.396 e. The van der Waals surface area contributed by atoms with E-state index in [1.165, 1.54) is 24.9 Å². The Morgan fingerprint density at radius 3 is 2.80 bits per heavy atom. The number of nitrogens with zero attached hydrogens (tertiary/aromatic N) is 3. The summed E-state index contributed by atoms with van der Waals surface area (Å²) in [5, 5.41) is 17.4. The minimum atomic E-state index is 0.280. The van der Waals surface area contributed by atoms with Gasteiger partial charge in [0.2, 0.25) is 0 Å². The first kappa shape index (κ1) is 14.0. The number of aliphatic hydroxyl groups is 1. The van der Waals surface area contributed by atoms with Crippen molar-refractivity contribution in [1.82, 2.24) is 20.0 Å².